The summed E-state index contributed by atoms with van der Waals surface area (Å²) in [5, 5.41) is 2.78. The summed E-state index contributed by atoms with van der Waals surface area (Å²) in [4.78, 5) is 25.3. The molecule has 6 nitrogen and oxygen atoms in total. The van der Waals surface area contributed by atoms with Crippen LogP contribution in [0.1, 0.15) is 18.1 Å². The van der Waals surface area contributed by atoms with E-state index in [1.54, 1.807) is 67.8 Å². The Bertz CT molecular complexity index is 960. The maximum absolute atomic E-state index is 12.9. The average molecular weight is 405 g/mol. The lowest BCUT2D eigenvalue weighted by molar-refractivity contribution is -0.155. The van der Waals surface area contributed by atoms with Gasteiger partial charge in [-0.15, -0.1) is 0 Å². The van der Waals surface area contributed by atoms with Crippen LogP contribution in [0, 0.1) is 0 Å². The summed E-state index contributed by atoms with van der Waals surface area (Å²) < 4.78 is 16.2. The molecule has 154 valence electrons. The lowest BCUT2D eigenvalue weighted by Crippen LogP contribution is -2.26. The summed E-state index contributed by atoms with van der Waals surface area (Å²) in [6.07, 6.45) is -1.06. The van der Waals surface area contributed by atoms with Gasteiger partial charge in [0, 0.05) is 17.3 Å². The molecule has 3 aromatic carbocycles. The molecular weight excluding hydrogens is 382 g/mol. The second-order valence-electron chi connectivity index (χ2n) is 6.41. The fourth-order valence-electron chi connectivity index (χ4n) is 2.77. The van der Waals surface area contributed by atoms with Gasteiger partial charge in [0.1, 0.15) is 11.5 Å². The monoisotopic (exact) mass is 405 g/mol. The largest absolute Gasteiger partial charge is 0.497 e. The summed E-state index contributed by atoms with van der Waals surface area (Å²) >= 11 is 0. The highest BCUT2D eigenvalue weighted by atomic mass is 16.6. The van der Waals surface area contributed by atoms with Gasteiger partial charge >= 0.3 is 5.97 Å². The minimum Gasteiger partial charge on any atom is -0.497 e. The number of hydrogen-bond acceptors (Lipinski definition) is 5. The number of esters is 1. The van der Waals surface area contributed by atoms with Crippen LogP contribution in [0.2, 0.25) is 0 Å². The van der Waals surface area contributed by atoms with Gasteiger partial charge in [0.15, 0.2) is 0 Å². The lowest BCUT2D eigenvalue weighted by Gasteiger charge is -2.18. The molecule has 6 heteroatoms. The zero-order valence-electron chi connectivity index (χ0n) is 16.6. The van der Waals surface area contributed by atoms with Crippen molar-refractivity contribution in [2.45, 2.75) is 12.5 Å². The summed E-state index contributed by atoms with van der Waals surface area (Å²) in [6.45, 7) is 0.155. The SMILES string of the molecule is COc1cccc(NC(=O)C(OC(=O)CCOc2ccccc2)c2ccccc2)c1. The summed E-state index contributed by atoms with van der Waals surface area (Å²) in [6, 6.07) is 25.0. The highest BCUT2D eigenvalue weighted by Crippen LogP contribution is 2.23. The van der Waals surface area contributed by atoms with Crippen molar-refractivity contribution < 1.29 is 23.8 Å². The van der Waals surface area contributed by atoms with E-state index in [0.29, 0.717) is 22.7 Å². The fourth-order valence-corrected chi connectivity index (χ4v) is 2.77. The molecule has 1 unspecified atom stereocenters. The zero-order chi connectivity index (χ0) is 21.2. The molecule has 0 radical (unpaired) electrons. The summed E-state index contributed by atoms with van der Waals surface area (Å²) in [5.74, 6) is 0.298. The van der Waals surface area contributed by atoms with E-state index in [-0.39, 0.29) is 13.0 Å². The Balaban J connectivity index is 1.64. The van der Waals surface area contributed by atoms with Crippen LogP contribution in [0.3, 0.4) is 0 Å². The van der Waals surface area contributed by atoms with Crippen molar-refractivity contribution in [3.63, 3.8) is 0 Å². The van der Waals surface area contributed by atoms with Gasteiger partial charge < -0.3 is 19.5 Å². The van der Waals surface area contributed by atoms with Gasteiger partial charge in [0.25, 0.3) is 5.91 Å². The smallest absolute Gasteiger partial charge is 0.310 e. The summed E-state index contributed by atoms with van der Waals surface area (Å²) in [5.41, 5.74) is 1.12. The molecule has 0 saturated heterocycles. The van der Waals surface area contributed by atoms with Crippen molar-refractivity contribution in [2.24, 2.45) is 0 Å². The van der Waals surface area contributed by atoms with Crippen molar-refractivity contribution in [2.75, 3.05) is 19.0 Å². The maximum atomic E-state index is 12.9. The van der Waals surface area contributed by atoms with E-state index in [0.717, 1.165) is 0 Å². The van der Waals surface area contributed by atoms with Crippen LogP contribution in [-0.4, -0.2) is 25.6 Å². The fraction of sp³-hybridized carbons (Fsp3) is 0.167. The zero-order valence-corrected chi connectivity index (χ0v) is 16.6. The highest BCUT2D eigenvalue weighted by Gasteiger charge is 2.25. The number of methoxy groups -OCH3 is 1. The Kier molecular flexibility index (Phi) is 7.44. The average Bonchev–Trinajstić information content (AvgIpc) is 2.79. The van der Waals surface area contributed by atoms with Crippen molar-refractivity contribution in [3.05, 3.63) is 90.5 Å². The van der Waals surface area contributed by atoms with Crippen LogP contribution in [0.5, 0.6) is 11.5 Å². The third kappa shape index (κ3) is 6.10. The van der Waals surface area contributed by atoms with Crippen molar-refractivity contribution in [1.29, 1.82) is 0 Å². The topological polar surface area (TPSA) is 73.9 Å². The minimum atomic E-state index is -1.08. The van der Waals surface area contributed by atoms with Gasteiger partial charge in [0.2, 0.25) is 6.10 Å². The Morgan fingerprint density at radius 3 is 2.23 bits per heavy atom. The van der Waals surface area contributed by atoms with Gasteiger partial charge in [0.05, 0.1) is 20.1 Å². The van der Waals surface area contributed by atoms with E-state index in [1.165, 1.54) is 0 Å². The van der Waals surface area contributed by atoms with E-state index < -0.39 is 18.0 Å². The van der Waals surface area contributed by atoms with Gasteiger partial charge in [-0.25, -0.2) is 0 Å². The molecule has 1 amide bonds. The number of carbonyl (C=O) groups is 2. The predicted molar refractivity (Wildman–Crippen MR) is 113 cm³/mol. The first-order chi connectivity index (χ1) is 14.7. The number of carbonyl (C=O) groups excluding carboxylic acids is 2. The number of para-hydroxylation sites is 1. The molecule has 3 aromatic rings. The molecule has 0 aliphatic carbocycles. The van der Waals surface area contributed by atoms with Gasteiger partial charge in [-0.05, 0) is 24.3 Å². The Hall–Kier alpha value is -3.80. The molecule has 1 atom stereocenters. The third-order valence-electron chi connectivity index (χ3n) is 4.25. The van der Waals surface area contributed by atoms with E-state index in [4.69, 9.17) is 14.2 Å². The van der Waals surface area contributed by atoms with Crippen LogP contribution in [0.25, 0.3) is 0 Å². The molecule has 3 rings (SSSR count). The first-order valence-corrected chi connectivity index (χ1v) is 9.53. The molecule has 0 spiro atoms. The first kappa shape index (κ1) is 20.9. The molecule has 30 heavy (non-hydrogen) atoms. The molecule has 0 heterocycles. The van der Waals surface area contributed by atoms with E-state index in [2.05, 4.69) is 5.32 Å². The second-order valence-corrected chi connectivity index (χ2v) is 6.41. The van der Waals surface area contributed by atoms with E-state index in [9.17, 15) is 9.59 Å². The highest BCUT2D eigenvalue weighted by molar-refractivity contribution is 5.96. The minimum absolute atomic E-state index is 0.0185. The third-order valence-corrected chi connectivity index (χ3v) is 4.25. The number of hydrogen-bond donors (Lipinski definition) is 1. The van der Waals surface area contributed by atoms with E-state index in [1.807, 2.05) is 24.3 Å². The molecule has 0 aliphatic heterocycles. The van der Waals surface area contributed by atoms with Gasteiger partial charge in [-0.3, -0.25) is 9.59 Å². The number of amides is 1. The number of anilines is 1. The number of benzene rings is 3. The maximum Gasteiger partial charge on any atom is 0.310 e. The molecular formula is C24H23NO5. The standard InChI is InChI=1S/C24H23NO5/c1-28-21-14-8-11-19(17-21)25-24(27)23(18-9-4-2-5-10-18)30-22(26)15-16-29-20-12-6-3-7-13-20/h2-14,17,23H,15-16H2,1H3,(H,25,27). The van der Waals surface area contributed by atoms with Crippen molar-refractivity contribution in [3.8, 4) is 11.5 Å². The number of ether oxygens (including phenoxy) is 3. The number of rotatable bonds is 9. The molecule has 0 saturated carbocycles. The predicted octanol–water partition coefficient (Wildman–Crippen LogP) is 4.39. The van der Waals surface area contributed by atoms with Crippen LogP contribution in [0.15, 0.2) is 84.9 Å². The second kappa shape index (κ2) is 10.7. The quantitative estimate of drug-likeness (QED) is 0.535. The summed E-state index contributed by atoms with van der Waals surface area (Å²) in [7, 11) is 1.55. The molecule has 0 fully saturated rings. The Labute approximate surface area is 175 Å². The van der Waals surface area contributed by atoms with Crippen molar-refractivity contribution in [1.82, 2.24) is 0 Å². The lowest BCUT2D eigenvalue weighted by atomic mass is 10.1. The van der Waals surface area contributed by atoms with Crippen LogP contribution in [-0.2, 0) is 14.3 Å². The van der Waals surface area contributed by atoms with Crippen molar-refractivity contribution >= 4 is 17.6 Å². The number of nitrogens with one attached hydrogen (secondary N) is 1. The van der Waals surface area contributed by atoms with Crippen LogP contribution < -0.4 is 14.8 Å². The van der Waals surface area contributed by atoms with Crippen LogP contribution in [0.4, 0.5) is 5.69 Å². The molecule has 0 aliphatic rings. The van der Waals surface area contributed by atoms with Gasteiger partial charge in [-0.2, -0.15) is 0 Å². The molecule has 0 aromatic heterocycles. The Morgan fingerprint density at radius 1 is 0.867 bits per heavy atom. The first-order valence-electron chi connectivity index (χ1n) is 9.53. The van der Waals surface area contributed by atoms with Gasteiger partial charge in [-0.1, -0.05) is 54.6 Å². The molecule has 1 N–H and O–H groups in total. The molecule has 0 bridgehead atoms. The Morgan fingerprint density at radius 2 is 1.53 bits per heavy atom. The van der Waals surface area contributed by atoms with E-state index >= 15 is 0 Å². The van der Waals surface area contributed by atoms with Crippen LogP contribution >= 0.6 is 0 Å². The normalized spacial score (nSPS) is 11.2.